The molecule has 0 spiro atoms. The SMILES string of the molecule is CCCN(CCC(=O)NC(C)c1ccccc1)S(=O)(=O)c1ccc(Cl)c([N+](=O)[O-])c1. The third kappa shape index (κ3) is 6.01. The Morgan fingerprint density at radius 2 is 1.87 bits per heavy atom. The Labute approximate surface area is 181 Å². The second-order valence-electron chi connectivity index (χ2n) is 6.72. The molecular formula is C20H24ClN3O5S. The van der Waals surface area contributed by atoms with Crippen molar-refractivity contribution in [2.75, 3.05) is 13.1 Å². The molecule has 30 heavy (non-hydrogen) atoms. The van der Waals surface area contributed by atoms with Gasteiger partial charge in [-0.05, 0) is 31.0 Å². The summed E-state index contributed by atoms with van der Waals surface area (Å²) in [4.78, 5) is 22.5. The van der Waals surface area contributed by atoms with Crippen molar-refractivity contribution in [2.45, 2.75) is 37.6 Å². The highest BCUT2D eigenvalue weighted by molar-refractivity contribution is 7.89. The monoisotopic (exact) mass is 453 g/mol. The molecule has 0 aliphatic carbocycles. The van der Waals surface area contributed by atoms with Crippen molar-refractivity contribution in [3.05, 3.63) is 69.2 Å². The highest BCUT2D eigenvalue weighted by Gasteiger charge is 2.27. The van der Waals surface area contributed by atoms with Crippen molar-refractivity contribution >= 4 is 33.2 Å². The van der Waals surface area contributed by atoms with Gasteiger partial charge in [-0.25, -0.2) is 8.42 Å². The van der Waals surface area contributed by atoms with Gasteiger partial charge in [0.1, 0.15) is 5.02 Å². The van der Waals surface area contributed by atoms with E-state index in [9.17, 15) is 23.3 Å². The zero-order chi connectivity index (χ0) is 22.3. The Morgan fingerprint density at radius 3 is 2.47 bits per heavy atom. The molecule has 0 saturated heterocycles. The standard InChI is InChI=1S/C20H24ClN3O5S/c1-3-12-23(13-11-20(25)22-15(2)16-7-5-4-6-8-16)30(28,29)17-9-10-18(21)19(14-17)24(26)27/h4-10,14-15H,3,11-13H2,1-2H3,(H,22,25). The average Bonchev–Trinajstić information content (AvgIpc) is 2.71. The number of nitro benzene ring substituents is 1. The van der Waals surface area contributed by atoms with E-state index in [0.717, 1.165) is 15.9 Å². The van der Waals surface area contributed by atoms with Crippen LogP contribution in [0, 0.1) is 10.1 Å². The van der Waals surface area contributed by atoms with Crippen LogP contribution in [0.5, 0.6) is 0 Å². The summed E-state index contributed by atoms with van der Waals surface area (Å²) >= 11 is 5.78. The fourth-order valence-corrected chi connectivity index (χ4v) is 4.65. The first kappa shape index (κ1) is 23.8. The van der Waals surface area contributed by atoms with Gasteiger partial charge in [0, 0.05) is 25.6 Å². The molecule has 0 fully saturated rings. The molecule has 2 aromatic rings. The Kier molecular flexibility index (Phi) is 8.33. The minimum atomic E-state index is -4.02. The van der Waals surface area contributed by atoms with Gasteiger partial charge in [0.25, 0.3) is 5.69 Å². The van der Waals surface area contributed by atoms with Crippen LogP contribution in [0.2, 0.25) is 5.02 Å². The number of carbonyl (C=O) groups excluding carboxylic acids is 1. The van der Waals surface area contributed by atoms with Crippen LogP contribution in [0.15, 0.2) is 53.4 Å². The summed E-state index contributed by atoms with van der Waals surface area (Å²) < 4.78 is 27.1. The Bertz CT molecular complexity index is 999. The van der Waals surface area contributed by atoms with Crippen LogP contribution in [0.1, 0.15) is 38.3 Å². The maximum atomic E-state index is 13.0. The molecule has 2 rings (SSSR count). The lowest BCUT2D eigenvalue weighted by Gasteiger charge is -2.22. The molecule has 0 aliphatic rings. The Morgan fingerprint density at radius 1 is 1.20 bits per heavy atom. The second-order valence-corrected chi connectivity index (χ2v) is 9.07. The Balaban J connectivity index is 2.12. The number of rotatable bonds is 10. The van der Waals surface area contributed by atoms with Crippen molar-refractivity contribution in [1.29, 1.82) is 0 Å². The van der Waals surface area contributed by atoms with Crippen molar-refractivity contribution < 1.29 is 18.1 Å². The quantitative estimate of drug-likeness (QED) is 0.433. The number of nitrogens with one attached hydrogen (secondary N) is 1. The summed E-state index contributed by atoms with van der Waals surface area (Å²) in [7, 11) is -4.02. The molecule has 0 aliphatic heterocycles. The molecule has 1 unspecified atom stereocenters. The van der Waals surface area contributed by atoms with Crippen LogP contribution in [0.3, 0.4) is 0 Å². The molecule has 0 heterocycles. The summed E-state index contributed by atoms with van der Waals surface area (Å²) in [5.41, 5.74) is 0.459. The van der Waals surface area contributed by atoms with E-state index in [4.69, 9.17) is 11.6 Å². The zero-order valence-corrected chi connectivity index (χ0v) is 18.3. The Hall–Kier alpha value is -2.49. The second kappa shape index (κ2) is 10.5. The summed E-state index contributed by atoms with van der Waals surface area (Å²) in [5, 5.41) is 13.8. The lowest BCUT2D eigenvalue weighted by Crippen LogP contribution is -2.36. The van der Waals surface area contributed by atoms with E-state index in [0.29, 0.717) is 6.42 Å². The molecule has 1 N–H and O–H groups in total. The fraction of sp³-hybridized carbons (Fsp3) is 0.350. The van der Waals surface area contributed by atoms with E-state index in [1.165, 1.54) is 12.1 Å². The fourth-order valence-electron chi connectivity index (χ4n) is 2.91. The topological polar surface area (TPSA) is 110 Å². The lowest BCUT2D eigenvalue weighted by molar-refractivity contribution is -0.384. The van der Waals surface area contributed by atoms with Gasteiger partial charge in [0.05, 0.1) is 15.9 Å². The first-order chi connectivity index (χ1) is 14.2. The van der Waals surface area contributed by atoms with Gasteiger partial charge in [0.2, 0.25) is 15.9 Å². The van der Waals surface area contributed by atoms with Gasteiger partial charge >= 0.3 is 0 Å². The van der Waals surface area contributed by atoms with Crippen LogP contribution >= 0.6 is 11.6 Å². The minimum absolute atomic E-state index is 0.0356. The van der Waals surface area contributed by atoms with Gasteiger partial charge in [-0.15, -0.1) is 0 Å². The van der Waals surface area contributed by atoms with Crippen LogP contribution in [0.4, 0.5) is 5.69 Å². The summed E-state index contributed by atoms with van der Waals surface area (Å²) in [6.45, 7) is 3.80. The van der Waals surface area contributed by atoms with E-state index < -0.39 is 20.6 Å². The number of sulfonamides is 1. The first-order valence-corrected chi connectivity index (χ1v) is 11.3. The molecule has 0 bridgehead atoms. The number of amides is 1. The van der Waals surface area contributed by atoms with Gasteiger partial charge in [-0.1, -0.05) is 48.9 Å². The van der Waals surface area contributed by atoms with Gasteiger partial charge in [0.15, 0.2) is 0 Å². The molecule has 0 aromatic heterocycles. The summed E-state index contributed by atoms with van der Waals surface area (Å²) in [6.07, 6.45) is 0.489. The number of carbonyl (C=O) groups is 1. The lowest BCUT2D eigenvalue weighted by atomic mass is 10.1. The highest BCUT2D eigenvalue weighted by atomic mass is 35.5. The van der Waals surface area contributed by atoms with Crippen LogP contribution in [-0.4, -0.2) is 36.6 Å². The zero-order valence-electron chi connectivity index (χ0n) is 16.7. The maximum absolute atomic E-state index is 13.0. The smallest absolute Gasteiger partial charge is 0.289 e. The number of halogens is 1. The number of hydrogen-bond donors (Lipinski definition) is 1. The van der Waals surface area contributed by atoms with Crippen molar-refractivity contribution in [1.82, 2.24) is 9.62 Å². The summed E-state index contributed by atoms with van der Waals surface area (Å²) in [6, 6.07) is 12.6. The van der Waals surface area contributed by atoms with E-state index in [-0.39, 0.29) is 41.4 Å². The molecule has 8 nitrogen and oxygen atoms in total. The molecule has 10 heteroatoms. The molecule has 0 radical (unpaired) electrons. The van der Waals surface area contributed by atoms with E-state index >= 15 is 0 Å². The van der Waals surface area contributed by atoms with E-state index in [1.54, 1.807) is 0 Å². The normalized spacial score (nSPS) is 12.5. The molecule has 1 amide bonds. The third-order valence-corrected chi connectivity index (χ3v) is 6.70. The van der Waals surface area contributed by atoms with E-state index in [2.05, 4.69) is 5.32 Å². The van der Waals surface area contributed by atoms with Crippen molar-refractivity contribution in [3.63, 3.8) is 0 Å². The van der Waals surface area contributed by atoms with Gasteiger partial charge in [-0.3, -0.25) is 14.9 Å². The number of nitro groups is 1. The minimum Gasteiger partial charge on any atom is -0.350 e. The van der Waals surface area contributed by atoms with Crippen LogP contribution in [-0.2, 0) is 14.8 Å². The van der Waals surface area contributed by atoms with Crippen molar-refractivity contribution in [3.8, 4) is 0 Å². The van der Waals surface area contributed by atoms with Crippen LogP contribution < -0.4 is 5.32 Å². The number of nitrogens with zero attached hydrogens (tertiary/aromatic N) is 2. The number of hydrogen-bond acceptors (Lipinski definition) is 5. The van der Waals surface area contributed by atoms with E-state index in [1.807, 2.05) is 44.2 Å². The predicted molar refractivity (Wildman–Crippen MR) is 115 cm³/mol. The average molecular weight is 454 g/mol. The van der Waals surface area contributed by atoms with Crippen LogP contribution in [0.25, 0.3) is 0 Å². The third-order valence-electron chi connectivity index (χ3n) is 4.49. The number of benzene rings is 2. The van der Waals surface area contributed by atoms with Gasteiger partial charge in [-0.2, -0.15) is 4.31 Å². The first-order valence-electron chi connectivity index (χ1n) is 9.45. The molecule has 0 saturated carbocycles. The summed E-state index contributed by atoms with van der Waals surface area (Å²) in [5.74, 6) is -0.287. The van der Waals surface area contributed by atoms with Crippen molar-refractivity contribution in [2.24, 2.45) is 0 Å². The molecule has 162 valence electrons. The molecule has 1 atom stereocenters. The largest absolute Gasteiger partial charge is 0.350 e. The molecular weight excluding hydrogens is 430 g/mol. The predicted octanol–water partition coefficient (Wildman–Crippen LogP) is 3.92. The maximum Gasteiger partial charge on any atom is 0.289 e. The van der Waals surface area contributed by atoms with Gasteiger partial charge < -0.3 is 5.32 Å². The molecule has 2 aromatic carbocycles. The highest BCUT2D eigenvalue weighted by Crippen LogP contribution is 2.28.